The fourth-order valence-corrected chi connectivity index (χ4v) is 6.01. The maximum absolute atomic E-state index is 12.3. The number of halogens is 4. The Kier molecular flexibility index (Phi) is 7.57. The molecular weight excluding hydrogens is 645 g/mol. The molecule has 3 rings (SSSR count). The third-order valence-electron chi connectivity index (χ3n) is 3.90. The molecule has 28 heavy (non-hydrogen) atoms. The van der Waals surface area contributed by atoms with Crippen molar-refractivity contribution in [1.29, 1.82) is 0 Å². The molecule has 1 aliphatic heterocycles. The molecular formula is C19H14Cl2I2N2O2S. The third kappa shape index (κ3) is 4.97. The monoisotopic (exact) mass is 658 g/mol. The molecule has 0 atom stereocenters. The van der Waals surface area contributed by atoms with Gasteiger partial charge in [-0.1, -0.05) is 29.3 Å². The van der Waals surface area contributed by atoms with E-state index in [1.165, 1.54) is 11.8 Å². The van der Waals surface area contributed by atoms with Crippen molar-refractivity contribution in [1.82, 2.24) is 4.90 Å². The van der Waals surface area contributed by atoms with Crippen molar-refractivity contribution in [2.75, 3.05) is 14.1 Å². The van der Waals surface area contributed by atoms with Crippen LogP contribution in [-0.4, -0.2) is 30.1 Å². The molecule has 1 saturated heterocycles. The van der Waals surface area contributed by atoms with Crippen LogP contribution in [0, 0.1) is 7.14 Å². The van der Waals surface area contributed by atoms with Crippen molar-refractivity contribution in [3.05, 3.63) is 63.5 Å². The molecule has 2 aromatic carbocycles. The number of hydrogen-bond donors (Lipinski definition) is 0. The van der Waals surface area contributed by atoms with Crippen molar-refractivity contribution in [2.24, 2.45) is 4.99 Å². The van der Waals surface area contributed by atoms with E-state index in [1.807, 2.05) is 24.3 Å². The van der Waals surface area contributed by atoms with Crippen LogP contribution >= 0.6 is 80.1 Å². The first-order valence-electron chi connectivity index (χ1n) is 8.00. The zero-order chi connectivity index (χ0) is 20.4. The van der Waals surface area contributed by atoms with Gasteiger partial charge in [0.15, 0.2) is 5.17 Å². The van der Waals surface area contributed by atoms with Crippen LogP contribution in [0.1, 0.15) is 11.1 Å². The Labute approximate surface area is 205 Å². The number of amides is 1. The molecule has 0 saturated carbocycles. The molecule has 0 aromatic heterocycles. The Balaban J connectivity index is 1.81. The lowest BCUT2D eigenvalue weighted by atomic mass is 10.2. The van der Waals surface area contributed by atoms with Gasteiger partial charge in [0.2, 0.25) is 0 Å². The average Bonchev–Trinajstić information content (AvgIpc) is 2.90. The van der Waals surface area contributed by atoms with Crippen LogP contribution in [0.4, 0.5) is 0 Å². The molecule has 0 bridgehead atoms. The fourth-order valence-electron chi connectivity index (χ4n) is 2.49. The normalized spacial score (nSPS) is 17.1. The molecule has 2 aromatic rings. The summed E-state index contributed by atoms with van der Waals surface area (Å²) in [4.78, 5) is 18.7. The van der Waals surface area contributed by atoms with Gasteiger partial charge >= 0.3 is 0 Å². The Morgan fingerprint density at radius 1 is 1.21 bits per heavy atom. The zero-order valence-electron chi connectivity index (χ0n) is 14.8. The number of hydrogen-bond acceptors (Lipinski definition) is 4. The quantitative estimate of drug-likeness (QED) is 0.286. The molecule has 9 heteroatoms. The number of carbonyl (C=O) groups excluding carboxylic acids is 1. The second kappa shape index (κ2) is 9.55. The van der Waals surface area contributed by atoms with Crippen LogP contribution in [-0.2, 0) is 11.4 Å². The summed E-state index contributed by atoms with van der Waals surface area (Å²) in [5.41, 5.74) is 1.80. The summed E-state index contributed by atoms with van der Waals surface area (Å²) in [6.45, 7) is 0.345. The van der Waals surface area contributed by atoms with Crippen LogP contribution in [0.2, 0.25) is 10.0 Å². The van der Waals surface area contributed by atoms with Gasteiger partial charge < -0.3 is 4.74 Å². The third-order valence-corrected chi connectivity index (χ3v) is 7.24. The van der Waals surface area contributed by atoms with E-state index >= 15 is 0 Å². The van der Waals surface area contributed by atoms with Gasteiger partial charge in [0.1, 0.15) is 12.4 Å². The summed E-state index contributed by atoms with van der Waals surface area (Å²) in [5.74, 6) is 0.737. The van der Waals surface area contributed by atoms with Crippen LogP contribution in [0.5, 0.6) is 5.75 Å². The number of aliphatic imine (C=N–C) groups is 1. The molecule has 146 valence electrons. The second-order valence-corrected chi connectivity index (χ2v) is 10.00. The minimum Gasteiger partial charge on any atom is -0.487 e. The number of carbonyl (C=O) groups is 1. The molecule has 4 nitrogen and oxygen atoms in total. The highest BCUT2D eigenvalue weighted by Crippen LogP contribution is 2.35. The maximum Gasteiger partial charge on any atom is 0.266 e. The fraction of sp³-hybridized carbons (Fsp3) is 0.158. The molecule has 0 aliphatic carbocycles. The largest absolute Gasteiger partial charge is 0.487 e. The van der Waals surface area contributed by atoms with Crippen LogP contribution in [0.25, 0.3) is 6.08 Å². The van der Waals surface area contributed by atoms with E-state index in [1.54, 1.807) is 31.1 Å². The second-order valence-electron chi connectivity index (χ2n) is 5.82. The van der Waals surface area contributed by atoms with E-state index in [4.69, 9.17) is 27.9 Å². The first-order chi connectivity index (χ1) is 13.3. The molecule has 1 fully saturated rings. The molecule has 1 aliphatic rings. The van der Waals surface area contributed by atoms with Gasteiger partial charge in [0.25, 0.3) is 5.91 Å². The predicted octanol–water partition coefficient (Wildman–Crippen LogP) is 6.31. The zero-order valence-corrected chi connectivity index (χ0v) is 21.4. The van der Waals surface area contributed by atoms with E-state index in [9.17, 15) is 4.79 Å². The van der Waals surface area contributed by atoms with Crippen LogP contribution in [0.3, 0.4) is 0 Å². The smallest absolute Gasteiger partial charge is 0.266 e. The van der Waals surface area contributed by atoms with Gasteiger partial charge in [-0.3, -0.25) is 14.7 Å². The number of amidine groups is 1. The number of thioether (sulfide) groups is 1. The lowest BCUT2D eigenvalue weighted by Crippen LogP contribution is -2.23. The van der Waals surface area contributed by atoms with Crippen molar-refractivity contribution >= 4 is 97.3 Å². The van der Waals surface area contributed by atoms with E-state index < -0.39 is 0 Å². The molecule has 0 N–H and O–H groups in total. The number of likely N-dealkylation sites (N-methyl/N-ethyl adjacent to an activating group) is 1. The molecule has 0 unspecified atom stereocenters. The highest BCUT2D eigenvalue weighted by molar-refractivity contribution is 14.1. The van der Waals surface area contributed by atoms with Crippen LogP contribution in [0.15, 0.2) is 40.2 Å². The predicted molar refractivity (Wildman–Crippen MR) is 134 cm³/mol. The van der Waals surface area contributed by atoms with Crippen molar-refractivity contribution in [2.45, 2.75) is 6.61 Å². The van der Waals surface area contributed by atoms with Crippen molar-refractivity contribution in [3.8, 4) is 5.75 Å². The summed E-state index contributed by atoms with van der Waals surface area (Å²) >= 11 is 18.0. The summed E-state index contributed by atoms with van der Waals surface area (Å²) in [5, 5.41) is 1.87. The lowest BCUT2D eigenvalue weighted by Gasteiger charge is -2.12. The molecule has 0 spiro atoms. The van der Waals surface area contributed by atoms with Gasteiger partial charge in [-0.05, 0) is 92.8 Å². The van der Waals surface area contributed by atoms with Gasteiger partial charge in [-0.15, -0.1) is 0 Å². The van der Waals surface area contributed by atoms with E-state index in [2.05, 4.69) is 50.2 Å². The Morgan fingerprint density at radius 2 is 1.89 bits per heavy atom. The van der Waals surface area contributed by atoms with Gasteiger partial charge in [0, 0.05) is 29.7 Å². The highest BCUT2D eigenvalue weighted by atomic mass is 127. The Bertz CT molecular complexity index is 988. The standard InChI is InChI=1S/C19H14Cl2I2N2O2S/c1-24-19-25(2)18(26)16(28-19)7-10-5-14(22)17(15(23)6-10)27-9-11-3-4-12(20)8-13(11)21/h3-8H,9H2,1-2H3/b16-7-,24-19?. The number of nitrogens with zero attached hydrogens (tertiary/aromatic N) is 2. The van der Waals surface area contributed by atoms with Crippen molar-refractivity contribution < 1.29 is 9.53 Å². The van der Waals surface area contributed by atoms with Gasteiger partial charge in [-0.2, -0.15) is 0 Å². The first-order valence-corrected chi connectivity index (χ1v) is 11.7. The molecule has 0 radical (unpaired) electrons. The van der Waals surface area contributed by atoms with E-state index in [0.717, 1.165) is 24.0 Å². The average molecular weight is 659 g/mol. The van der Waals surface area contributed by atoms with Crippen LogP contribution < -0.4 is 4.74 Å². The first kappa shape index (κ1) is 22.2. The SMILES string of the molecule is CN=C1S/C(=C\c2cc(I)c(OCc3ccc(Cl)cc3Cl)c(I)c2)C(=O)N1C. The Hall–Kier alpha value is -0.490. The molecule has 1 amide bonds. The summed E-state index contributed by atoms with van der Waals surface area (Å²) in [6.07, 6.45) is 1.88. The van der Waals surface area contributed by atoms with E-state index in [-0.39, 0.29) is 5.91 Å². The molecule has 1 heterocycles. The Morgan fingerprint density at radius 3 is 2.46 bits per heavy atom. The highest BCUT2D eigenvalue weighted by Gasteiger charge is 2.29. The number of rotatable bonds is 4. The topological polar surface area (TPSA) is 41.9 Å². The van der Waals surface area contributed by atoms with Gasteiger partial charge in [0.05, 0.1) is 12.0 Å². The number of benzene rings is 2. The maximum atomic E-state index is 12.3. The minimum atomic E-state index is -0.0478. The number of ether oxygens (including phenoxy) is 1. The summed E-state index contributed by atoms with van der Waals surface area (Å²) in [6, 6.07) is 9.33. The lowest BCUT2D eigenvalue weighted by molar-refractivity contribution is -0.121. The summed E-state index contributed by atoms with van der Waals surface area (Å²) < 4.78 is 7.92. The minimum absolute atomic E-state index is 0.0478. The summed E-state index contributed by atoms with van der Waals surface area (Å²) in [7, 11) is 3.41. The van der Waals surface area contributed by atoms with Gasteiger partial charge in [-0.25, -0.2) is 0 Å². The van der Waals surface area contributed by atoms with E-state index in [0.29, 0.717) is 26.7 Å². The van der Waals surface area contributed by atoms with Crippen molar-refractivity contribution in [3.63, 3.8) is 0 Å².